The molecule has 6 heteroatoms. The van der Waals surface area contributed by atoms with Crippen molar-refractivity contribution in [1.82, 2.24) is 10.6 Å². The molecule has 0 saturated heterocycles. The van der Waals surface area contributed by atoms with Crippen LogP contribution in [0.25, 0.3) is 0 Å². The predicted octanol–water partition coefficient (Wildman–Crippen LogP) is 2.32. The van der Waals surface area contributed by atoms with Gasteiger partial charge in [-0.2, -0.15) is 11.8 Å². The highest BCUT2D eigenvalue weighted by Crippen LogP contribution is 2.28. The molecule has 0 heterocycles. The van der Waals surface area contributed by atoms with Crippen LogP contribution in [0.5, 0.6) is 0 Å². The number of urea groups is 1. The maximum atomic E-state index is 11.9. The van der Waals surface area contributed by atoms with E-state index in [4.69, 9.17) is 5.11 Å². The summed E-state index contributed by atoms with van der Waals surface area (Å²) in [6, 6.07) is -1.01. The molecule has 0 radical (unpaired) electrons. The quantitative estimate of drug-likeness (QED) is 0.703. The van der Waals surface area contributed by atoms with Crippen LogP contribution in [0.1, 0.15) is 39.5 Å². The number of carboxylic acid groups (broad SMARTS) is 1. The van der Waals surface area contributed by atoms with Crippen LogP contribution >= 0.6 is 11.8 Å². The van der Waals surface area contributed by atoms with Crippen molar-refractivity contribution in [3.63, 3.8) is 0 Å². The maximum absolute atomic E-state index is 11.9. The number of aliphatic carboxylic acids is 1. The second kappa shape index (κ2) is 8.39. The summed E-state index contributed by atoms with van der Waals surface area (Å²) >= 11 is 1.58. The van der Waals surface area contributed by atoms with E-state index in [0.717, 1.165) is 19.3 Å². The van der Waals surface area contributed by atoms with Crippen LogP contribution in [-0.2, 0) is 4.79 Å². The monoisotopic (exact) mass is 302 g/mol. The van der Waals surface area contributed by atoms with Crippen LogP contribution in [0, 0.1) is 11.8 Å². The minimum absolute atomic E-state index is 0.154. The summed E-state index contributed by atoms with van der Waals surface area (Å²) in [7, 11) is 0. The third kappa shape index (κ3) is 5.61. The van der Waals surface area contributed by atoms with Crippen molar-refractivity contribution in [3.05, 3.63) is 0 Å². The number of amides is 2. The van der Waals surface area contributed by atoms with Gasteiger partial charge in [0.05, 0.1) is 0 Å². The topological polar surface area (TPSA) is 78.4 Å². The first-order chi connectivity index (χ1) is 9.43. The van der Waals surface area contributed by atoms with Crippen molar-refractivity contribution in [2.45, 2.75) is 51.6 Å². The Labute approximate surface area is 125 Å². The highest BCUT2D eigenvalue weighted by Gasteiger charge is 2.27. The third-order valence-electron chi connectivity index (χ3n) is 3.96. The van der Waals surface area contributed by atoms with Gasteiger partial charge in [-0.3, -0.25) is 0 Å². The Balaban J connectivity index is 2.43. The lowest BCUT2D eigenvalue weighted by Crippen LogP contribution is -2.51. The summed E-state index contributed by atoms with van der Waals surface area (Å²) in [4.78, 5) is 23.0. The molecule has 3 N–H and O–H groups in total. The number of carbonyl (C=O) groups is 2. The standard InChI is InChI=1S/C14H26N2O3S/c1-9-4-5-11(10(2)8-9)15-14(19)16-12(13(17)18)6-7-20-3/h9-12H,4-8H2,1-3H3,(H,17,18)(H2,15,16,19). The van der Waals surface area contributed by atoms with E-state index in [-0.39, 0.29) is 12.1 Å². The van der Waals surface area contributed by atoms with Gasteiger partial charge in [0, 0.05) is 6.04 Å². The van der Waals surface area contributed by atoms with Gasteiger partial charge in [-0.1, -0.05) is 13.8 Å². The Morgan fingerprint density at radius 1 is 1.35 bits per heavy atom. The van der Waals surface area contributed by atoms with Crippen molar-refractivity contribution in [2.75, 3.05) is 12.0 Å². The van der Waals surface area contributed by atoms with Crippen LogP contribution in [0.3, 0.4) is 0 Å². The fourth-order valence-corrected chi connectivity index (χ4v) is 3.21. The van der Waals surface area contributed by atoms with Gasteiger partial charge in [-0.15, -0.1) is 0 Å². The largest absolute Gasteiger partial charge is 0.480 e. The number of hydrogen-bond acceptors (Lipinski definition) is 3. The molecule has 0 aromatic heterocycles. The molecule has 1 rings (SSSR count). The minimum Gasteiger partial charge on any atom is -0.480 e. The molecule has 5 nitrogen and oxygen atoms in total. The van der Waals surface area contributed by atoms with Crippen molar-refractivity contribution in [1.29, 1.82) is 0 Å². The van der Waals surface area contributed by atoms with E-state index >= 15 is 0 Å². The van der Waals surface area contributed by atoms with Crippen molar-refractivity contribution >= 4 is 23.8 Å². The Morgan fingerprint density at radius 2 is 2.05 bits per heavy atom. The summed E-state index contributed by atoms with van der Waals surface area (Å²) < 4.78 is 0. The zero-order valence-corrected chi connectivity index (χ0v) is 13.3. The Morgan fingerprint density at radius 3 is 2.60 bits per heavy atom. The number of carbonyl (C=O) groups excluding carboxylic acids is 1. The molecule has 4 atom stereocenters. The lowest BCUT2D eigenvalue weighted by molar-refractivity contribution is -0.139. The fourth-order valence-electron chi connectivity index (χ4n) is 2.74. The molecule has 0 aliphatic heterocycles. The Kier molecular flexibility index (Phi) is 7.19. The molecule has 1 aliphatic carbocycles. The lowest BCUT2D eigenvalue weighted by Gasteiger charge is -2.33. The number of hydrogen-bond donors (Lipinski definition) is 3. The molecule has 1 fully saturated rings. The molecule has 0 aromatic carbocycles. The molecule has 1 saturated carbocycles. The van der Waals surface area contributed by atoms with E-state index in [2.05, 4.69) is 24.5 Å². The van der Waals surface area contributed by atoms with Gasteiger partial charge in [-0.05, 0) is 49.5 Å². The summed E-state index contributed by atoms with van der Waals surface area (Å²) in [5, 5.41) is 14.6. The zero-order chi connectivity index (χ0) is 15.1. The van der Waals surface area contributed by atoms with Gasteiger partial charge in [0.25, 0.3) is 0 Å². The van der Waals surface area contributed by atoms with Crippen LogP contribution in [0.2, 0.25) is 0 Å². The molecule has 20 heavy (non-hydrogen) atoms. The first-order valence-electron chi connectivity index (χ1n) is 7.22. The molecule has 0 aromatic rings. The van der Waals surface area contributed by atoms with E-state index in [1.54, 1.807) is 11.8 Å². The summed E-state index contributed by atoms with van der Waals surface area (Å²) in [5.74, 6) is 0.896. The smallest absolute Gasteiger partial charge is 0.326 e. The van der Waals surface area contributed by atoms with Gasteiger partial charge in [-0.25, -0.2) is 9.59 Å². The molecule has 2 amide bonds. The molecule has 0 bridgehead atoms. The normalized spacial score (nSPS) is 27.6. The number of nitrogens with one attached hydrogen (secondary N) is 2. The first-order valence-corrected chi connectivity index (χ1v) is 8.62. The van der Waals surface area contributed by atoms with Gasteiger partial charge < -0.3 is 15.7 Å². The van der Waals surface area contributed by atoms with E-state index in [9.17, 15) is 9.59 Å². The molecule has 1 aliphatic rings. The highest BCUT2D eigenvalue weighted by molar-refractivity contribution is 7.98. The molecule has 116 valence electrons. The molecular formula is C14H26N2O3S. The second-order valence-corrected chi connectivity index (χ2v) is 6.78. The molecule has 0 spiro atoms. The lowest BCUT2D eigenvalue weighted by atomic mass is 9.80. The van der Waals surface area contributed by atoms with Gasteiger partial charge in [0.1, 0.15) is 6.04 Å². The summed E-state index contributed by atoms with van der Waals surface area (Å²) in [5.41, 5.74) is 0. The number of thioether (sulfide) groups is 1. The minimum atomic E-state index is -0.973. The van der Waals surface area contributed by atoms with E-state index in [1.165, 1.54) is 0 Å². The van der Waals surface area contributed by atoms with Crippen LogP contribution < -0.4 is 10.6 Å². The second-order valence-electron chi connectivity index (χ2n) is 5.79. The average molecular weight is 302 g/mol. The zero-order valence-electron chi connectivity index (χ0n) is 12.5. The molecule has 4 unspecified atom stereocenters. The van der Waals surface area contributed by atoms with Crippen LogP contribution in [-0.4, -0.2) is 41.2 Å². The highest BCUT2D eigenvalue weighted by atomic mass is 32.2. The van der Waals surface area contributed by atoms with Crippen molar-refractivity contribution in [2.24, 2.45) is 11.8 Å². The third-order valence-corrected chi connectivity index (χ3v) is 4.61. The fraction of sp³-hybridized carbons (Fsp3) is 0.857. The maximum Gasteiger partial charge on any atom is 0.326 e. The van der Waals surface area contributed by atoms with E-state index in [0.29, 0.717) is 24.0 Å². The molecular weight excluding hydrogens is 276 g/mol. The van der Waals surface area contributed by atoms with Crippen molar-refractivity contribution < 1.29 is 14.7 Å². The van der Waals surface area contributed by atoms with Gasteiger partial charge in [0.15, 0.2) is 0 Å². The van der Waals surface area contributed by atoms with Gasteiger partial charge in [0.2, 0.25) is 0 Å². The van der Waals surface area contributed by atoms with Crippen LogP contribution in [0.15, 0.2) is 0 Å². The van der Waals surface area contributed by atoms with Crippen molar-refractivity contribution in [3.8, 4) is 0 Å². The number of carboxylic acids is 1. The predicted molar refractivity (Wildman–Crippen MR) is 82.1 cm³/mol. The van der Waals surface area contributed by atoms with Gasteiger partial charge >= 0.3 is 12.0 Å². The SMILES string of the molecule is CSCCC(NC(=O)NC1CCC(C)CC1C)C(=O)O. The Hall–Kier alpha value is -0.910. The average Bonchev–Trinajstić information content (AvgIpc) is 2.37. The first kappa shape index (κ1) is 17.1. The van der Waals surface area contributed by atoms with E-state index in [1.807, 2.05) is 6.26 Å². The number of rotatable bonds is 6. The van der Waals surface area contributed by atoms with Crippen LogP contribution in [0.4, 0.5) is 4.79 Å². The summed E-state index contributed by atoms with van der Waals surface area (Å²) in [6.45, 7) is 4.37. The summed E-state index contributed by atoms with van der Waals surface area (Å²) in [6.07, 6.45) is 5.56. The van der Waals surface area contributed by atoms with E-state index < -0.39 is 12.0 Å². The Bertz CT molecular complexity index is 338.